The number of β-amino-alcohol motifs (C(OH)–C–C–N with tert-alkyl or cyclic N) is 1. The average molecular weight is 317 g/mol. The van der Waals surface area contributed by atoms with Gasteiger partial charge in [0.15, 0.2) is 5.13 Å². The Morgan fingerprint density at radius 3 is 3.00 bits per heavy atom. The molecule has 2 aromatic rings. The van der Waals surface area contributed by atoms with Crippen molar-refractivity contribution in [1.82, 2.24) is 9.88 Å². The van der Waals surface area contributed by atoms with Crippen LogP contribution in [0.5, 0.6) is 0 Å². The minimum absolute atomic E-state index is 0.0805. The number of thiazole rings is 1. The van der Waals surface area contributed by atoms with Crippen molar-refractivity contribution in [3.05, 3.63) is 35.7 Å². The third-order valence-corrected chi connectivity index (χ3v) is 4.43. The smallest absolute Gasteiger partial charge is 0.240 e. The zero-order valence-electron chi connectivity index (χ0n) is 12.2. The van der Waals surface area contributed by atoms with E-state index in [9.17, 15) is 9.90 Å². The summed E-state index contributed by atoms with van der Waals surface area (Å²) in [6, 6.07) is 9.89. The van der Waals surface area contributed by atoms with E-state index in [1.54, 1.807) is 0 Å². The molecule has 1 aromatic heterocycles. The number of nitrogens with one attached hydrogen (secondary N) is 1. The van der Waals surface area contributed by atoms with Gasteiger partial charge in [-0.25, -0.2) is 4.98 Å². The monoisotopic (exact) mass is 317 g/mol. The molecule has 116 valence electrons. The molecule has 0 radical (unpaired) electrons. The van der Waals surface area contributed by atoms with Gasteiger partial charge in [0.2, 0.25) is 5.91 Å². The first-order valence-corrected chi connectivity index (χ1v) is 8.30. The summed E-state index contributed by atoms with van der Waals surface area (Å²) in [5, 5.41) is 15.0. The predicted octanol–water partition coefficient (Wildman–Crippen LogP) is 2.21. The predicted molar refractivity (Wildman–Crippen MR) is 87.9 cm³/mol. The molecule has 1 aliphatic rings. The molecule has 1 fully saturated rings. The standard InChI is InChI=1S/C16H19N3O2S/c20-13-7-4-8-19(9-13)10-15(21)18-16-17-14(11-22-16)12-5-2-1-3-6-12/h1-3,5-6,11,13,20H,4,7-10H2,(H,17,18,21). The Labute approximate surface area is 133 Å². The van der Waals surface area contributed by atoms with E-state index >= 15 is 0 Å². The van der Waals surface area contributed by atoms with Crippen LogP contribution in [0, 0.1) is 0 Å². The molecular formula is C16H19N3O2S. The third kappa shape index (κ3) is 3.91. The van der Waals surface area contributed by atoms with Crippen LogP contribution in [-0.4, -0.2) is 46.6 Å². The first-order valence-electron chi connectivity index (χ1n) is 7.42. The van der Waals surface area contributed by atoms with Crippen molar-refractivity contribution in [3.63, 3.8) is 0 Å². The molecule has 0 spiro atoms. The average Bonchev–Trinajstić information content (AvgIpc) is 2.96. The van der Waals surface area contributed by atoms with Crippen LogP contribution >= 0.6 is 11.3 Å². The lowest BCUT2D eigenvalue weighted by Gasteiger charge is -2.29. The number of benzene rings is 1. The molecule has 2 N–H and O–H groups in total. The van der Waals surface area contributed by atoms with Gasteiger partial charge < -0.3 is 10.4 Å². The van der Waals surface area contributed by atoms with Crippen molar-refractivity contribution < 1.29 is 9.90 Å². The summed E-state index contributed by atoms with van der Waals surface area (Å²) in [7, 11) is 0. The van der Waals surface area contributed by atoms with Crippen LogP contribution in [-0.2, 0) is 4.79 Å². The molecule has 0 aliphatic carbocycles. The Bertz CT molecular complexity index is 629. The lowest BCUT2D eigenvalue weighted by molar-refractivity contribution is -0.118. The van der Waals surface area contributed by atoms with Crippen LogP contribution in [0.3, 0.4) is 0 Å². The molecular weight excluding hydrogens is 298 g/mol. The molecule has 1 unspecified atom stereocenters. The van der Waals surface area contributed by atoms with Crippen LogP contribution < -0.4 is 5.32 Å². The summed E-state index contributed by atoms with van der Waals surface area (Å²) in [4.78, 5) is 18.5. The molecule has 1 aromatic carbocycles. The number of hydrogen-bond acceptors (Lipinski definition) is 5. The van der Waals surface area contributed by atoms with E-state index in [1.807, 2.05) is 40.6 Å². The topological polar surface area (TPSA) is 65.5 Å². The van der Waals surface area contributed by atoms with E-state index in [4.69, 9.17) is 0 Å². The van der Waals surface area contributed by atoms with Gasteiger partial charge >= 0.3 is 0 Å². The van der Waals surface area contributed by atoms with Crippen LogP contribution in [0.1, 0.15) is 12.8 Å². The Balaban J connectivity index is 1.57. The minimum atomic E-state index is -0.314. The normalized spacial score (nSPS) is 19.0. The number of hydrogen-bond donors (Lipinski definition) is 2. The van der Waals surface area contributed by atoms with Gasteiger partial charge in [-0.2, -0.15) is 0 Å². The molecule has 0 bridgehead atoms. The number of amides is 1. The number of aliphatic hydroxyl groups excluding tert-OH is 1. The molecule has 0 saturated carbocycles. The summed E-state index contributed by atoms with van der Waals surface area (Å²) in [6.45, 7) is 1.73. The molecule has 6 heteroatoms. The van der Waals surface area contributed by atoms with Gasteiger partial charge in [-0.15, -0.1) is 11.3 Å². The molecule has 2 heterocycles. The number of piperidine rings is 1. The van der Waals surface area contributed by atoms with Gasteiger partial charge in [-0.3, -0.25) is 9.69 Å². The largest absolute Gasteiger partial charge is 0.392 e. The summed E-state index contributed by atoms with van der Waals surface area (Å²) in [5.74, 6) is -0.0805. The van der Waals surface area contributed by atoms with Crippen LogP contribution in [0.4, 0.5) is 5.13 Å². The van der Waals surface area contributed by atoms with Crippen molar-refractivity contribution in [2.24, 2.45) is 0 Å². The molecule has 1 saturated heterocycles. The fourth-order valence-electron chi connectivity index (χ4n) is 2.61. The second kappa shape index (κ2) is 7.00. The Morgan fingerprint density at radius 2 is 2.23 bits per heavy atom. The van der Waals surface area contributed by atoms with E-state index < -0.39 is 0 Å². The third-order valence-electron chi connectivity index (χ3n) is 3.67. The number of carbonyl (C=O) groups excluding carboxylic acids is 1. The first kappa shape index (κ1) is 15.1. The van der Waals surface area contributed by atoms with Gasteiger partial charge in [0, 0.05) is 17.5 Å². The number of aromatic nitrogens is 1. The Hall–Kier alpha value is -1.76. The first-order chi connectivity index (χ1) is 10.7. The minimum Gasteiger partial charge on any atom is -0.392 e. The summed E-state index contributed by atoms with van der Waals surface area (Å²) in [6.07, 6.45) is 1.45. The van der Waals surface area contributed by atoms with Crippen molar-refractivity contribution >= 4 is 22.4 Å². The lowest BCUT2D eigenvalue weighted by Crippen LogP contribution is -2.42. The SMILES string of the molecule is O=C(CN1CCCC(O)C1)Nc1nc(-c2ccccc2)cs1. The van der Waals surface area contributed by atoms with Crippen molar-refractivity contribution in [2.75, 3.05) is 25.0 Å². The zero-order valence-corrected chi connectivity index (χ0v) is 13.1. The molecule has 1 aliphatic heterocycles. The van der Waals surface area contributed by atoms with Gasteiger partial charge in [0.25, 0.3) is 0 Å². The maximum atomic E-state index is 12.1. The number of carbonyl (C=O) groups is 1. The number of nitrogens with zero attached hydrogens (tertiary/aromatic N) is 2. The highest BCUT2D eigenvalue weighted by molar-refractivity contribution is 7.14. The maximum absolute atomic E-state index is 12.1. The second-order valence-electron chi connectivity index (χ2n) is 5.48. The number of aliphatic hydroxyl groups is 1. The molecule has 3 rings (SSSR count). The van der Waals surface area contributed by atoms with Crippen LogP contribution in [0.2, 0.25) is 0 Å². The van der Waals surface area contributed by atoms with E-state index in [1.165, 1.54) is 11.3 Å². The highest BCUT2D eigenvalue weighted by Crippen LogP contribution is 2.24. The highest BCUT2D eigenvalue weighted by atomic mass is 32.1. The summed E-state index contributed by atoms with van der Waals surface area (Å²) in [5.41, 5.74) is 1.91. The molecule has 22 heavy (non-hydrogen) atoms. The quantitative estimate of drug-likeness (QED) is 0.907. The van der Waals surface area contributed by atoms with E-state index in [0.29, 0.717) is 18.2 Å². The van der Waals surface area contributed by atoms with Crippen LogP contribution in [0.15, 0.2) is 35.7 Å². The van der Waals surface area contributed by atoms with Gasteiger partial charge in [-0.05, 0) is 19.4 Å². The van der Waals surface area contributed by atoms with Gasteiger partial charge in [0.05, 0.1) is 18.3 Å². The van der Waals surface area contributed by atoms with E-state index in [0.717, 1.165) is 30.6 Å². The van der Waals surface area contributed by atoms with Crippen molar-refractivity contribution in [2.45, 2.75) is 18.9 Å². The molecule has 1 amide bonds. The van der Waals surface area contributed by atoms with Crippen molar-refractivity contribution in [1.29, 1.82) is 0 Å². The van der Waals surface area contributed by atoms with E-state index in [2.05, 4.69) is 10.3 Å². The zero-order chi connectivity index (χ0) is 15.4. The number of anilines is 1. The Morgan fingerprint density at radius 1 is 1.41 bits per heavy atom. The number of likely N-dealkylation sites (tertiary alicyclic amines) is 1. The van der Waals surface area contributed by atoms with E-state index in [-0.39, 0.29) is 12.0 Å². The Kier molecular flexibility index (Phi) is 4.82. The maximum Gasteiger partial charge on any atom is 0.240 e. The van der Waals surface area contributed by atoms with Crippen molar-refractivity contribution in [3.8, 4) is 11.3 Å². The fourth-order valence-corrected chi connectivity index (χ4v) is 3.35. The summed E-state index contributed by atoms with van der Waals surface area (Å²) < 4.78 is 0. The number of rotatable bonds is 4. The van der Waals surface area contributed by atoms with Crippen LogP contribution in [0.25, 0.3) is 11.3 Å². The lowest BCUT2D eigenvalue weighted by atomic mass is 10.1. The second-order valence-corrected chi connectivity index (χ2v) is 6.34. The molecule has 1 atom stereocenters. The fraction of sp³-hybridized carbons (Fsp3) is 0.375. The highest BCUT2D eigenvalue weighted by Gasteiger charge is 2.20. The van der Waals surface area contributed by atoms with Gasteiger partial charge in [-0.1, -0.05) is 30.3 Å². The summed E-state index contributed by atoms with van der Waals surface area (Å²) >= 11 is 1.42. The van der Waals surface area contributed by atoms with Gasteiger partial charge in [0.1, 0.15) is 0 Å². The molecule has 5 nitrogen and oxygen atoms in total.